The molecular weight excluding hydrogens is 254 g/mol. The van der Waals surface area contributed by atoms with Crippen molar-refractivity contribution in [2.24, 2.45) is 11.5 Å². The minimum Gasteiger partial charge on any atom is -0.714 e. The SMILES string of the molecule is CCN(c1ccoc1)C1C(N)=[N+]([O-])C(N)C(=O)N1O. The van der Waals surface area contributed by atoms with Gasteiger partial charge in [-0.3, -0.25) is 21.5 Å². The summed E-state index contributed by atoms with van der Waals surface area (Å²) in [5.74, 6) is -1.19. The predicted octanol–water partition coefficient (Wildman–Crippen LogP) is -1.18. The summed E-state index contributed by atoms with van der Waals surface area (Å²) in [6.07, 6.45) is 0.191. The number of hydrogen-bond acceptors (Lipinski definition) is 7. The number of anilines is 1. The lowest BCUT2D eigenvalue weighted by Crippen LogP contribution is -2.68. The standard InChI is InChI=1S/C10H15N5O4/c1-2-13(6-3-4-19-5-6)9-7(11)14(17)8(12)10(16)15(9)18/h3-5,8-9,18H,2,11-12H2,1H3. The Balaban J connectivity index is 2.44. The van der Waals surface area contributed by atoms with Crippen molar-refractivity contribution < 1.29 is 19.2 Å². The zero-order valence-corrected chi connectivity index (χ0v) is 10.3. The monoisotopic (exact) mass is 269 g/mol. The molecule has 0 radical (unpaired) electrons. The summed E-state index contributed by atoms with van der Waals surface area (Å²) in [6.45, 7) is 2.17. The van der Waals surface area contributed by atoms with E-state index in [0.29, 0.717) is 17.3 Å². The molecular formula is C10H15N5O4. The third-order valence-electron chi connectivity index (χ3n) is 2.96. The molecule has 9 nitrogen and oxygen atoms in total. The van der Waals surface area contributed by atoms with Crippen molar-refractivity contribution in [2.45, 2.75) is 19.3 Å². The molecule has 0 saturated carbocycles. The van der Waals surface area contributed by atoms with Crippen LogP contribution in [0.4, 0.5) is 5.69 Å². The van der Waals surface area contributed by atoms with E-state index in [0.717, 1.165) is 0 Å². The van der Waals surface area contributed by atoms with Crippen LogP contribution in [-0.2, 0) is 4.79 Å². The minimum absolute atomic E-state index is 0.197. The van der Waals surface area contributed by atoms with Gasteiger partial charge in [-0.1, -0.05) is 0 Å². The number of hydrogen-bond donors (Lipinski definition) is 3. The third kappa shape index (κ3) is 1.98. The first-order valence-electron chi connectivity index (χ1n) is 5.64. The lowest BCUT2D eigenvalue weighted by molar-refractivity contribution is -0.499. The van der Waals surface area contributed by atoms with Crippen LogP contribution in [0.5, 0.6) is 0 Å². The van der Waals surface area contributed by atoms with E-state index in [-0.39, 0.29) is 10.6 Å². The van der Waals surface area contributed by atoms with Crippen molar-refractivity contribution in [1.82, 2.24) is 5.06 Å². The van der Waals surface area contributed by atoms with E-state index >= 15 is 0 Å². The Morgan fingerprint density at radius 1 is 1.68 bits per heavy atom. The number of hydroxylamine groups is 3. The van der Waals surface area contributed by atoms with Crippen LogP contribution in [0, 0.1) is 5.21 Å². The molecule has 2 atom stereocenters. The van der Waals surface area contributed by atoms with Gasteiger partial charge in [0.2, 0.25) is 12.3 Å². The molecule has 1 aromatic rings. The largest absolute Gasteiger partial charge is 0.714 e. The number of amidine groups is 1. The summed E-state index contributed by atoms with van der Waals surface area (Å²) >= 11 is 0. The van der Waals surface area contributed by atoms with Crippen LogP contribution in [0.15, 0.2) is 23.0 Å². The molecule has 19 heavy (non-hydrogen) atoms. The van der Waals surface area contributed by atoms with Gasteiger partial charge in [-0.25, -0.2) is 4.74 Å². The molecule has 0 aromatic carbocycles. The van der Waals surface area contributed by atoms with Crippen LogP contribution in [0.3, 0.4) is 0 Å². The number of carbonyl (C=O) groups excluding carboxylic acids is 1. The number of likely N-dealkylation sites (N-methyl/N-ethyl adjacent to an activating group) is 1. The van der Waals surface area contributed by atoms with Gasteiger partial charge >= 0.3 is 5.91 Å². The summed E-state index contributed by atoms with van der Waals surface area (Å²) in [7, 11) is 0. The van der Waals surface area contributed by atoms with E-state index < -0.39 is 18.2 Å². The van der Waals surface area contributed by atoms with Gasteiger partial charge in [-0.15, -0.1) is 0 Å². The molecule has 0 saturated heterocycles. The van der Waals surface area contributed by atoms with E-state index in [1.807, 2.05) is 0 Å². The highest BCUT2D eigenvalue weighted by molar-refractivity contribution is 5.93. The molecule has 1 aliphatic rings. The zero-order valence-electron chi connectivity index (χ0n) is 10.3. The fourth-order valence-electron chi connectivity index (χ4n) is 1.97. The van der Waals surface area contributed by atoms with Gasteiger partial charge in [-0.2, -0.15) is 5.06 Å². The fourth-order valence-corrected chi connectivity index (χ4v) is 1.97. The quantitative estimate of drug-likeness (QED) is 0.357. The van der Waals surface area contributed by atoms with Crippen molar-refractivity contribution in [3.05, 3.63) is 23.8 Å². The van der Waals surface area contributed by atoms with Crippen LogP contribution < -0.4 is 16.4 Å². The number of carbonyl (C=O) groups is 1. The van der Waals surface area contributed by atoms with Crippen molar-refractivity contribution in [2.75, 3.05) is 11.4 Å². The number of amides is 1. The Hall–Kier alpha value is -2.26. The van der Waals surface area contributed by atoms with Crippen LogP contribution >= 0.6 is 0 Å². The highest BCUT2D eigenvalue weighted by Crippen LogP contribution is 2.21. The van der Waals surface area contributed by atoms with Gasteiger partial charge in [0.25, 0.3) is 5.84 Å². The maximum Gasteiger partial charge on any atom is 0.309 e. The first-order valence-corrected chi connectivity index (χ1v) is 5.64. The topological polar surface area (TPSA) is 135 Å². The van der Waals surface area contributed by atoms with E-state index in [2.05, 4.69) is 0 Å². The Kier molecular flexibility index (Phi) is 3.32. The van der Waals surface area contributed by atoms with E-state index in [1.54, 1.807) is 13.0 Å². The van der Waals surface area contributed by atoms with Gasteiger partial charge in [-0.05, 0) is 13.0 Å². The third-order valence-corrected chi connectivity index (χ3v) is 2.96. The number of nitrogens with two attached hydrogens (primary N) is 2. The van der Waals surface area contributed by atoms with Crippen LogP contribution in [0.25, 0.3) is 0 Å². The number of furan rings is 1. The minimum atomic E-state index is -1.54. The highest BCUT2D eigenvalue weighted by Gasteiger charge is 2.43. The van der Waals surface area contributed by atoms with Gasteiger partial charge < -0.3 is 14.5 Å². The Labute approximate surface area is 108 Å². The first kappa shape index (κ1) is 13.2. The summed E-state index contributed by atoms with van der Waals surface area (Å²) in [5.41, 5.74) is 11.6. The van der Waals surface area contributed by atoms with Crippen LogP contribution in [0.1, 0.15) is 6.92 Å². The molecule has 1 amide bonds. The number of nitrogens with zero attached hydrogens (tertiary/aromatic N) is 3. The van der Waals surface area contributed by atoms with Gasteiger partial charge in [0, 0.05) is 6.54 Å². The molecule has 2 rings (SSSR count). The zero-order chi connectivity index (χ0) is 14.2. The summed E-state index contributed by atoms with van der Waals surface area (Å²) in [4.78, 5) is 13.2. The second-order valence-corrected chi connectivity index (χ2v) is 4.02. The van der Waals surface area contributed by atoms with Crippen molar-refractivity contribution in [3.63, 3.8) is 0 Å². The van der Waals surface area contributed by atoms with Crippen molar-refractivity contribution >= 4 is 17.4 Å². The fraction of sp³-hybridized carbons (Fsp3) is 0.400. The lowest BCUT2D eigenvalue weighted by Gasteiger charge is -2.39. The predicted molar refractivity (Wildman–Crippen MR) is 64.9 cm³/mol. The Bertz CT molecular complexity index is 500. The molecule has 0 spiro atoms. The molecule has 2 heterocycles. The van der Waals surface area contributed by atoms with Crippen molar-refractivity contribution in [1.29, 1.82) is 0 Å². The first-order chi connectivity index (χ1) is 8.99. The summed E-state index contributed by atoms with van der Waals surface area (Å²) in [6, 6.07) is 1.62. The van der Waals surface area contributed by atoms with Crippen LogP contribution in [-0.4, -0.2) is 45.6 Å². The molecule has 1 aromatic heterocycles. The molecule has 0 fully saturated rings. The Morgan fingerprint density at radius 3 is 2.89 bits per heavy atom. The molecule has 0 aliphatic carbocycles. The highest BCUT2D eigenvalue weighted by atomic mass is 16.5. The maximum atomic E-state index is 11.7. The second kappa shape index (κ2) is 4.78. The molecule has 5 N–H and O–H groups in total. The van der Waals surface area contributed by atoms with E-state index in [9.17, 15) is 15.2 Å². The van der Waals surface area contributed by atoms with Gasteiger partial charge in [0.15, 0.2) is 0 Å². The second-order valence-electron chi connectivity index (χ2n) is 4.02. The lowest BCUT2D eigenvalue weighted by atomic mass is 10.2. The normalized spacial score (nSPS) is 23.9. The summed E-state index contributed by atoms with van der Waals surface area (Å²) in [5, 5.41) is 21.9. The van der Waals surface area contributed by atoms with Gasteiger partial charge in [0.05, 0.1) is 12.0 Å². The molecule has 9 heteroatoms. The van der Waals surface area contributed by atoms with Crippen molar-refractivity contribution in [3.8, 4) is 0 Å². The molecule has 2 unspecified atom stereocenters. The van der Waals surface area contributed by atoms with Crippen LogP contribution in [0.2, 0.25) is 0 Å². The summed E-state index contributed by atoms with van der Waals surface area (Å²) < 4.78 is 5.14. The van der Waals surface area contributed by atoms with Gasteiger partial charge in [0.1, 0.15) is 6.26 Å². The smallest absolute Gasteiger partial charge is 0.309 e. The average molecular weight is 269 g/mol. The molecule has 1 aliphatic heterocycles. The maximum absolute atomic E-state index is 11.7. The molecule has 104 valence electrons. The Morgan fingerprint density at radius 2 is 2.37 bits per heavy atom. The van der Waals surface area contributed by atoms with E-state index in [4.69, 9.17) is 15.9 Å². The molecule has 0 bridgehead atoms. The number of rotatable bonds is 3. The average Bonchev–Trinajstić information content (AvgIpc) is 2.93. The van der Waals surface area contributed by atoms with E-state index in [1.165, 1.54) is 17.4 Å².